The second-order valence-electron chi connectivity index (χ2n) is 6.92. The van der Waals surface area contributed by atoms with Gasteiger partial charge < -0.3 is 10.6 Å². The summed E-state index contributed by atoms with van der Waals surface area (Å²) in [7, 11) is 0. The van der Waals surface area contributed by atoms with Gasteiger partial charge in [0.25, 0.3) is 0 Å². The molecule has 3 rings (SSSR count). The first kappa shape index (κ1) is 18.6. The first-order chi connectivity index (χ1) is 12.5. The van der Waals surface area contributed by atoms with Gasteiger partial charge in [0.15, 0.2) is 0 Å². The Morgan fingerprint density at radius 2 is 2.04 bits per heavy atom. The number of carbonyl (C=O) groups excluding carboxylic acids is 2. The van der Waals surface area contributed by atoms with Crippen molar-refractivity contribution in [3.8, 4) is 0 Å². The molecule has 2 heterocycles. The van der Waals surface area contributed by atoms with Gasteiger partial charge in [-0.1, -0.05) is 25.3 Å². The van der Waals surface area contributed by atoms with Crippen LogP contribution in [0, 0.1) is 13.8 Å². The van der Waals surface area contributed by atoms with E-state index in [1.807, 2.05) is 42.1 Å². The summed E-state index contributed by atoms with van der Waals surface area (Å²) in [6.07, 6.45) is 5.37. The average molecular weight is 375 g/mol. The summed E-state index contributed by atoms with van der Waals surface area (Å²) in [5.74, 6) is -1.10. The summed E-state index contributed by atoms with van der Waals surface area (Å²) in [4.78, 5) is 25.5. The molecule has 0 saturated heterocycles. The quantitative estimate of drug-likeness (QED) is 0.790. The van der Waals surface area contributed by atoms with E-state index < -0.39 is 11.8 Å². The van der Waals surface area contributed by atoms with Crippen LogP contribution in [-0.2, 0) is 9.59 Å². The molecule has 2 aromatic heterocycles. The van der Waals surface area contributed by atoms with Crippen LogP contribution in [0.25, 0.3) is 0 Å². The number of aromatic nitrogens is 2. The molecule has 1 atom stereocenters. The van der Waals surface area contributed by atoms with Gasteiger partial charge in [-0.15, -0.1) is 11.3 Å². The van der Waals surface area contributed by atoms with Crippen LogP contribution < -0.4 is 10.6 Å². The van der Waals surface area contributed by atoms with Crippen LogP contribution in [0.5, 0.6) is 0 Å². The first-order valence-corrected chi connectivity index (χ1v) is 10.1. The Bertz CT molecular complexity index is 748. The highest BCUT2D eigenvalue weighted by atomic mass is 32.1. The molecule has 6 nitrogen and oxygen atoms in total. The van der Waals surface area contributed by atoms with E-state index in [1.165, 1.54) is 6.42 Å². The smallest absolute Gasteiger partial charge is 0.309 e. The summed E-state index contributed by atoms with van der Waals surface area (Å²) in [5, 5.41) is 12.2. The third-order valence-electron chi connectivity index (χ3n) is 4.81. The lowest BCUT2D eigenvalue weighted by Crippen LogP contribution is -2.46. The predicted molar refractivity (Wildman–Crippen MR) is 102 cm³/mol. The molecule has 1 aliphatic rings. The Morgan fingerprint density at radius 1 is 1.27 bits per heavy atom. The average Bonchev–Trinajstić information content (AvgIpc) is 3.26. The fourth-order valence-electron chi connectivity index (χ4n) is 3.52. The molecule has 2 amide bonds. The number of hydrogen-bond acceptors (Lipinski definition) is 4. The van der Waals surface area contributed by atoms with Gasteiger partial charge in [0.05, 0.1) is 5.69 Å². The lowest BCUT2D eigenvalue weighted by Gasteiger charge is -2.23. The van der Waals surface area contributed by atoms with Crippen molar-refractivity contribution in [2.75, 3.05) is 6.54 Å². The van der Waals surface area contributed by atoms with Crippen LogP contribution in [0.3, 0.4) is 0 Å². The summed E-state index contributed by atoms with van der Waals surface area (Å²) < 4.78 is 1.92. The first-order valence-electron chi connectivity index (χ1n) is 9.19. The lowest BCUT2D eigenvalue weighted by atomic mass is 9.95. The number of amides is 2. The Labute approximate surface area is 158 Å². The number of rotatable bonds is 5. The topological polar surface area (TPSA) is 76.0 Å². The summed E-state index contributed by atoms with van der Waals surface area (Å²) >= 11 is 1.62. The largest absolute Gasteiger partial charge is 0.345 e. The molecule has 26 heavy (non-hydrogen) atoms. The predicted octanol–water partition coefficient (Wildman–Crippen LogP) is 2.72. The highest BCUT2D eigenvalue weighted by Gasteiger charge is 2.23. The number of nitrogens with zero attached hydrogens (tertiary/aromatic N) is 2. The van der Waals surface area contributed by atoms with E-state index in [1.54, 1.807) is 11.3 Å². The maximum absolute atomic E-state index is 12.3. The van der Waals surface area contributed by atoms with E-state index >= 15 is 0 Å². The Hall–Kier alpha value is -2.15. The number of carbonyl (C=O) groups is 2. The summed E-state index contributed by atoms with van der Waals surface area (Å²) in [5.41, 5.74) is 1.97. The Balaban J connectivity index is 1.63. The number of aryl methyl sites for hydroxylation is 2. The van der Waals surface area contributed by atoms with Crippen LogP contribution in [0.15, 0.2) is 23.6 Å². The van der Waals surface area contributed by atoms with Crippen LogP contribution in [0.1, 0.15) is 54.4 Å². The summed E-state index contributed by atoms with van der Waals surface area (Å²) in [6, 6.07) is 6.04. The molecule has 7 heteroatoms. The van der Waals surface area contributed by atoms with E-state index in [2.05, 4.69) is 15.7 Å². The van der Waals surface area contributed by atoms with Crippen molar-refractivity contribution in [1.82, 2.24) is 20.4 Å². The molecule has 140 valence electrons. The fraction of sp³-hybridized carbons (Fsp3) is 0.526. The number of thiophene rings is 1. The number of nitrogens with one attached hydrogen (secondary N) is 2. The van der Waals surface area contributed by atoms with Crippen LogP contribution in [0.4, 0.5) is 0 Å². The van der Waals surface area contributed by atoms with Crippen molar-refractivity contribution < 1.29 is 9.59 Å². The molecular weight excluding hydrogens is 348 g/mol. The molecule has 0 aromatic carbocycles. The van der Waals surface area contributed by atoms with E-state index in [9.17, 15) is 9.59 Å². The van der Waals surface area contributed by atoms with Crippen molar-refractivity contribution in [1.29, 1.82) is 0 Å². The third kappa shape index (κ3) is 4.52. The Kier molecular flexibility index (Phi) is 6.08. The van der Waals surface area contributed by atoms with Crippen molar-refractivity contribution in [2.45, 2.75) is 58.0 Å². The summed E-state index contributed by atoms with van der Waals surface area (Å²) in [6.45, 7) is 4.28. The zero-order chi connectivity index (χ0) is 18.5. The maximum Gasteiger partial charge on any atom is 0.309 e. The minimum absolute atomic E-state index is 0.116. The molecular formula is C19H26N4O2S. The monoisotopic (exact) mass is 374 g/mol. The fourth-order valence-corrected chi connectivity index (χ4v) is 4.33. The molecule has 0 radical (unpaired) electrons. The van der Waals surface area contributed by atoms with Crippen molar-refractivity contribution in [3.63, 3.8) is 0 Å². The molecule has 0 spiro atoms. The van der Waals surface area contributed by atoms with Crippen LogP contribution in [-0.4, -0.2) is 34.2 Å². The normalized spacial score (nSPS) is 16.2. The molecule has 0 aliphatic heterocycles. The SMILES string of the molecule is Cc1cc(C)n(C(CNC(=O)C(=O)NC2CCCCC2)c2cccs2)n1. The lowest BCUT2D eigenvalue weighted by molar-refractivity contribution is -0.139. The van der Waals surface area contributed by atoms with E-state index in [4.69, 9.17) is 0 Å². The van der Waals surface area contributed by atoms with Crippen molar-refractivity contribution in [3.05, 3.63) is 39.8 Å². The van der Waals surface area contributed by atoms with Gasteiger partial charge in [-0.3, -0.25) is 14.3 Å². The second kappa shape index (κ2) is 8.49. The van der Waals surface area contributed by atoms with Crippen LogP contribution in [0.2, 0.25) is 0 Å². The van der Waals surface area contributed by atoms with Gasteiger partial charge in [-0.25, -0.2) is 0 Å². The molecule has 1 fully saturated rings. The molecule has 1 aliphatic carbocycles. The van der Waals surface area contributed by atoms with Gasteiger partial charge in [0.2, 0.25) is 0 Å². The van der Waals surface area contributed by atoms with Gasteiger partial charge >= 0.3 is 11.8 Å². The van der Waals surface area contributed by atoms with Crippen LogP contribution >= 0.6 is 11.3 Å². The minimum Gasteiger partial charge on any atom is -0.345 e. The molecule has 2 N–H and O–H groups in total. The molecule has 1 saturated carbocycles. The molecule has 1 unspecified atom stereocenters. The molecule has 2 aromatic rings. The van der Waals surface area contributed by atoms with Gasteiger partial charge in [0.1, 0.15) is 6.04 Å². The highest BCUT2D eigenvalue weighted by Crippen LogP contribution is 2.24. The van der Waals surface area contributed by atoms with Crippen molar-refractivity contribution >= 4 is 23.2 Å². The van der Waals surface area contributed by atoms with Gasteiger partial charge in [0, 0.05) is 23.2 Å². The third-order valence-corrected chi connectivity index (χ3v) is 5.79. The number of hydrogen-bond donors (Lipinski definition) is 2. The van der Waals surface area contributed by atoms with E-state index in [0.29, 0.717) is 6.54 Å². The molecule has 0 bridgehead atoms. The van der Waals surface area contributed by atoms with Gasteiger partial charge in [-0.05, 0) is 44.2 Å². The maximum atomic E-state index is 12.3. The second-order valence-corrected chi connectivity index (χ2v) is 7.90. The van der Waals surface area contributed by atoms with E-state index in [0.717, 1.165) is 41.9 Å². The standard InChI is InChI=1S/C19H26N4O2S/c1-13-11-14(2)23(22-13)16(17-9-6-10-26-17)12-20-18(24)19(25)21-15-7-4-3-5-8-15/h6,9-11,15-16H,3-5,7-8,12H2,1-2H3,(H,20,24)(H,21,25). The van der Waals surface area contributed by atoms with Gasteiger partial charge in [-0.2, -0.15) is 5.10 Å². The van der Waals surface area contributed by atoms with Crippen molar-refractivity contribution in [2.24, 2.45) is 0 Å². The Morgan fingerprint density at radius 3 is 2.65 bits per heavy atom. The zero-order valence-corrected chi connectivity index (χ0v) is 16.1. The highest BCUT2D eigenvalue weighted by molar-refractivity contribution is 7.10. The van der Waals surface area contributed by atoms with E-state index in [-0.39, 0.29) is 12.1 Å². The minimum atomic E-state index is -0.571. The zero-order valence-electron chi connectivity index (χ0n) is 15.3.